The van der Waals surface area contributed by atoms with E-state index < -0.39 is 0 Å². The van der Waals surface area contributed by atoms with Crippen LogP contribution in [-0.2, 0) is 16.1 Å². The molecule has 5 heteroatoms. The molecule has 1 aromatic heterocycles. The van der Waals surface area contributed by atoms with Gasteiger partial charge in [-0.05, 0) is 39.2 Å². The number of benzene rings is 1. The van der Waals surface area contributed by atoms with E-state index in [1.165, 1.54) is 0 Å². The molecule has 1 N–H and O–H groups in total. The number of aromatic nitrogens is 2. The molecule has 1 amide bonds. The van der Waals surface area contributed by atoms with Crippen LogP contribution in [0.5, 0.6) is 0 Å². The number of hydrogen-bond acceptors (Lipinski definition) is 3. The number of aryl methyl sites for hydroxylation is 1. The Balaban J connectivity index is 1.45. The lowest BCUT2D eigenvalue weighted by Crippen LogP contribution is -2.41. The van der Waals surface area contributed by atoms with Gasteiger partial charge in [0.05, 0.1) is 17.3 Å². The van der Waals surface area contributed by atoms with Crippen molar-refractivity contribution >= 4 is 16.8 Å². The van der Waals surface area contributed by atoms with E-state index >= 15 is 0 Å². The van der Waals surface area contributed by atoms with Crippen molar-refractivity contribution in [1.29, 1.82) is 0 Å². The Kier molecular flexibility index (Phi) is 4.66. The molecule has 124 valence electrons. The van der Waals surface area contributed by atoms with Gasteiger partial charge < -0.3 is 10.1 Å². The van der Waals surface area contributed by atoms with Crippen molar-refractivity contribution in [1.82, 2.24) is 15.1 Å². The number of hydrogen-bond donors (Lipinski definition) is 1. The van der Waals surface area contributed by atoms with Crippen molar-refractivity contribution in [3.8, 4) is 0 Å². The summed E-state index contributed by atoms with van der Waals surface area (Å²) in [6, 6.07) is 8.18. The molecule has 23 heavy (non-hydrogen) atoms. The van der Waals surface area contributed by atoms with Crippen LogP contribution in [0.25, 0.3) is 10.9 Å². The molecule has 1 saturated heterocycles. The lowest BCUT2D eigenvalue weighted by atomic mass is 9.88. The van der Waals surface area contributed by atoms with Gasteiger partial charge >= 0.3 is 0 Å². The third-order valence-electron chi connectivity index (χ3n) is 4.46. The van der Waals surface area contributed by atoms with Gasteiger partial charge in [0, 0.05) is 31.0 Å². The predicted octanol–water partition coefficient (Wildman–Crippen LogP) is 2.75. The van der Waals surface area contributed by atoms with Crippen LogP contribution in [-0.4, -0.2) is 34.4 Å². The van der Waals surface area contributed by atoms with Crippen molar-refractivity contribution in [2.24, 2.45) is 5.92 Å². The van der Waals surface area contributed by atoms with Crippen molar-refractivity contribution < 1.29 is 9.53 Å². The van der Waals surface area contributed by atoms with E-state index in [1.807, 2.05) is 23.0 Å². The summed E-state index contributed by atoms with van der Waals surface area (Å²) < 4.78 is 7.67. The fraction of sp³-hybridized carbons (Fsp3) is 0.556. The molecule has 0 spiro atoms. The summed E-state index contributed by atoms with van der Waals surface area (Å²) in [7, 11) is 0. The molecular formula is C18H25N3O2. The van der Waals surface area contributed by atoms with Crippen LogP contribution >= 0.6 is 0 Å². The summed E-state index contributed by atoms with van der Waals surface area (Å²) in [5.41, 5.74) is 0.957. The second-order valence-electron chi connectivity index (χ2n) is 6.87. The second kappa shape index (κ2) is 6.71. The number of para-hydroxylation sites is 1. The molecule has 1 aliphatic heterocycles. The van der Waals surface area contributed by atoms with Gasteiger partial charge in [-0.25, -0.2) is 0 Å². The van der Waals surface area contributed by atoms with E-state index in [0.717, 1.165) is 36.7 Å². The quantitative estimate of drug-likeness (QED) is 0.863. The van der Waals surface area contributed by atoms with E-state index in [4.69, 9.17) is 4.74 Å². The van der Waals surface area contributed by atoms with Crippen LogP contribution < -0.4 is 5.32 Å². The molecule has 0 saturated carbocycles. The maximum absolute atomic E-state index is 12.3. The highest BCUT2D eigenvalue weighted by molar-refractivity contribution is 5.79. The Morgan fingerprint density at radius 3 is 3.09 bits per heavy atom. The number of amides is 1. The Morgan fingerprint density at radius 2 is 2.26 bits per heavy atom. The van der Waals surface area contributed by atoms with Gasteiger partial charge in [-0.2, -0.15) is 5.10 Å². The van der Waals surface area contributed by atoms with Crippen LogP contribution in [0.2, 0.25) is 0 Å². The van der Waals surface area contributed by atoms with Gasteiger partial charge in [0.15, 0.2) is 0 Å². The Morgan fingerprint density at radius 1 is 1.43 bits per heavy atom. The Hall–Kier alpha value is -1.88. The minimum atomic E-state index is -0.186. The van der Waals surface area contributed by atoms with Crippen LogP contribution in [0, 0.1) is 5.92 Å². The lowest BCUT2D eigenvalue weighted by Gasteiger charge is -2.34. The summed E-state index contributed by atoms with van der Waals surface area (Å²) in [6.45, 7) is 6.27. The number of nitrogens with zero attached hydrogens (tertiary/aromatic N) is 2. The molecule has 5 nitrogen and oxygen atoms in total. The van der Waals surface area contributed by atoms with Crippen molar-refractivity contribution in [2.45, 2.75) is 45.3 Å². The minimum Gasteiger partial charge on any atom is -0.376 e. The zero-order chi connectivity index (χ0) is 16.3. The van der Waals surface area contributed by atoms with Gasteiger partial charge in [-0.15, -0.1) is 0 Å². The molecule has 2 heterocycles. The third-order valence-corrected chi connectivity index (χ3v) is 4.46. The van der Waals surface area contributed by atoms with Gasteiger partial charge in [0.1, 0.15) is 0 Å². The summed E-state index contributed by atoms with van der Waals surface area (Å²) >= 11 is 0. The number of rotatable bonds is 5. The standard InChI is InChI=1S/C18H25N3O2/c1-18(2)12-14(8-11-23-18)17(22)19-9-5-10-21-16-7-4-3-6-15(16)13-20-21/h3-4,6-7,13-14H,5,8-12H2,1-2H3,(H,19,22)/t14-/m0/s1. The highest BCUT2D eigenvalue weighted by atomic mass is 16.5. The monoisotopic (exact) mass is 315 g/mol. The fourth-order valence-corrected chi connectivity index (χ4v) is 3.24. The van der Waals surface area contributed by atoms with E-state index in [2.05, 4.69) is 36.4 Å². The van der Waals surface area contributed by atoms with Crippen molar-refractivity contribution in [2.75, 3.05) is 13.2 Å². The molecule has 0 radical (unpaired) electrons. The second-order valence-corrected chi connectivity index (χ2v) is 6.87. The molecule has 1 fully saturated rings. The third kappa shape index (κ3) is 3.91. The van der Waals surface area contributed by atoms with Crippen LogP contribution in [0.3, 0.4) is 0 Å². The molecular weight excluding hydrogens is 290 g/mol. The normalized spacial score (nSPS) is 20.5. The first-order valence-corrected chi connectivity index (χ1v) is 8.37. The molecule has 1 aromatic carbocycles. The predicted molar refractivity (Wildman–Crippen MR) is 90.1 cm³/mol. The molecule has 0 unspecified atom stereocenters. The molecule has 0 bridgehead atoms. The van der Waals surface area contributed by atoms with Gasteiger partial charge in [-0.1, -0.05) is 18.2 Å². The van der Waals surface area contributed by atoms with Crippen molar-refractivity contribution in [3.05, 3.63) is 30.5 Å². The average molecular weight is 315 g/mol. The number of nitrogens with one attached hydrogen (secondary N) is 1. The molecule has 1 atom stereocenters. The number of carbonyl (C=O) groups is 1. The maximum atomic E-state index is 12.3. The van der Waals surface area contributed by atoms with Crippen molar-refractivity contribution in [3.63, 3.8) is 0 Å². The zero-order valence-corrected chi connectivity index (χ0v) is 13.9. The average Bonchev–Trinajstić information content (AvgIpc) is 2.94. The van der Waals surface area contributed by atoms with Gasteiger partial charge in [0.2, 0.25) is 5.91 Å². The van der Waals surface area contributed by atoms with E-state index in [0.29, 0.717) is 13.2 Å². The maximum Gasteiger partial charge on any atom is 0.223 e. The molecule has 3 rings (SSSR count). The van der Waals surface area contributed by atoms with Gasteiger partial charge in [0.25, 0.3) is 0 Å². The molecule has 0 aliphatic carbocycles. The van der Waals surface area contributed by atoms with Crippen LogP contribution in [0.15, 0.2) is 30.5 Å². The summed E-state index contributed by atoms with van der Waals surface area (Å²) in [6.07, 6.45) is 4.38. The van der Waals surface area contributed by atoms with E-state index in [9.17, 15) is 4.79 Å². The smallest absolute Gasteiger partial charge is 0.223 e. The first-order chi connectivity index (χ1) is 11.1. The van der Waals surface area contributed by atoms with E-state index in [-0.39, 0.29) is 17.4 Å². The van der Waals surface area contributed by atoms with E-state index in [1.54, 1.807) is 0 Å². The Labute approximate surface area is 137 Å². The Bertz CT molecular complexity index is 678. The number of fused-ring (bicyclic) bond motifs is 1. The highest BCUT2D eigenvalue weighted by Crippen LogP contribution is 2.28. The lowest BCUT2D eigenvalue weighted by molar-refractivity contribution is -0.135. The highest BCUT2D eigenvalue weighted by Gasteiger charge is 2.32. The van der Waals surface area contributed by atoms with Crippen LogP contribution in [0.1, 0.15) is 33.1 Å². The molecule has 1 aliphatic rings. The molecule has 2 aromatic rings. The first-order valence-electron chi connectivity index (χ1n) is 8.37. The summed E-state index contributed by atoms with van der Waals surface area (Å²) in [5.74, 6) is 0.232. The number of ether oxygens (including phenoxy) is 1. The number of carbonyl (C=O) groups excluding carboxylic acids is 1. The summed E-state index contributed by atoms with van der Waals surface area (Å²) in [4.78, 5) is 12.3. The zero-order valence-electron chi connectivity index (χ0n) is 13.9. The van der Waals surface area contributed by atoms with Gasteiger partial charge in [-0.3, -0.25) is 9.48 Å². The fourth-order valence-electron chi connectivity index (χ4n) is 3.24. The largest absolute Gasteiger partial charge is 0.376 e. The SMILES string of the molecule is CC1(C)C[C@@H](C(=O)NCCCn2ncc3ccccc32)CCO1. The topological polar surface area (TPSA) is 56.2 Å². The van der Waals surface area contributed by atoms with Crippen LogP contribution in [0.4, 0.5) is 0 Å². The summed E-state index contributed by atoms with van der Waals surface area (Å²) in [5, 5.41) is 8.63. The minimum absolute atomic E-state index is 0.0734. The first kappa shape index (κ1) is 16.0.